The van der Waals surface area contributed by atoms with E-state index in [0.717, 1.165) is 25.9 Å². The molecule has 0 aliphatic carbocycles. The van der Waals surface area contributed by atoms with E-state index in [1.807, 2.05) is 0 Å². The van der Waals surface area contributed by atoms with Gasteiger partial charge in [0.25, 0.3) is 0 Å². The Labute approximate surface area is 112 Å². The maximum absolute atomic E-state index is 5.49. The van der Waals surface area contributed by atoms with Crippen molar-refractivity contribution in [3.63, 3.8) is 0 Å². The molecule has 0 radical (unpaired) electrons. The molecule has 2 rings (SSSR count). The number of rotatable bonds is 6. The molecule has 7 heteroatoms. The highest BCUT2D eigenvalue weighted by Crippen LogP contribution is 2.17. The molecule has 1 aliphatic heterocycles. The first-order valence-electron chi connectivity index (χ1n) is 6.43. The highest BCUT2D eigenvalue weighted by molar-refractivity contribution is 5.93. The van der Waals surface area contributed by atoms with E-state index in [0.29, 0.717) is 30.3 Å². The Morgan fingerprint density at radius 1 is 1.42 bits per heavy atom. The van der Waals surface area contributed by atoms with Crippen LogP contribution in [0, 0.1) is 0 Å². The van der Waals surface area contributed by atoms with E-state index in [9.17, 15) is 0 Å². The molecule has 0 fully saturated rings. The number of nitrogens with one attached hydrogen (secondary N) is 2. The fourth-order valence-corrected chi connectivity index (χ4v) is 1.55. The van der Waals surface area contributed by atoms with Gasteiger partial charge in [-0.05, 0) is 6.42 Å². The van der Waals surface area contributed by atoms with Crippen LogP contribution in [-0.2, 0) is 0 Å². The Morgan fingerprint density at radius 3 is 3.00 bits per heavy atom. The number of methoxy groups -OCH3 is 1. The van der Waals surface area contributed by atoms with Crippen LogP contribution in [0.1, 0.15) is 19.8 Å². The minimum atomic E-state index is 0.314. The van der Waals surface area contributed by atoms with Gasteiger partial charge < -0.3 is 20.1 Å². The lowest BCUT2D eigenvalue weighted by molar-refractivity contribution is 0.279. The van der Waals surface area contributed by atoms with Gasteiger partial charge in [0.1, 0.15) is 5.82 Å². The van der Waals surface area contributed by atoms with E-state index < -0.39 is 0 Å². The van der Waals surface area contributed by atoms with Crippen molar-refractivity contribution in [1.82, 2.24) is 15.3 Å². The van der Waals surface area contributed by atoms with E-state index in [4.69, 9.17) is 9.47 Å². The molecule has 0 unspecified atom stereocenters. The quantitative estimate of drug-likeness (QED) is 0.748. The average molecular weight is 265 g/mol. The van der Waals surface area contributed by atoms with Crippen molar-refractivity contribution in [2.45, 2.75) is 19.8 Å². The van der Waals surface area contributed by atoms with Gasteiger partial charge in [0.05, 0.1) is 20.3 Å². The summed E-state index contributed by atoms with van der Waals surface area (Å²) in [6.07, 6.45) is 2.04. The Hall–Kier alpha value is -2.05. The van der Waals surface area contributed by atoms with Crippen LogP contribution < -0.4 is 20.1 Å². The normalized spacial score (nSPS) is 13.7. The van der Waals surface area contributed by atoms with Gasteiger partial charge in [0.15, 0.2) is 5.96 Å². The number of guanidine groups is 1. The van der Waals surface area contributed by atoms with Gasteiger partial charge in [-0.1, -0.05) is 13.3 Å². The SMILES string of the molecule is CCCCOc1nc(NC2=NCCN2)cc(OC)n1. The molecule has 0 atom stereocenters. The van der Waals surface area contributed by atoms with Crippen LogP contribution >= 0.6 is 0 Å². The zero-order valence-electron chi connectivity index (χ0n) is 11.3. The number of aliphatic imine (C=N–C) groups is 1. The second kappa shape index (κ2) is 6.77. The van der Waals surface area contributed by atoms with E-state index >= 15 is 0 Å². The fourth-order valence-electron chi connectivity index (χ4n) is 1.55. The summed E-state index contributed by atoms with van der Waals surface area (Å²) in [4.78, 5) is 12.7. The molecule has 1 aromatic rings. The molecule has 0 amide bonds. The minimum absolute atomic E-state index is 0.314. The van der Waals surface area contributed by atoms with Crippen molar-refractivity contribution in [2.75, 3.05) is 32.1 Å². The molecule has 1 aliphatic rings. The van der Waals surface area contributed by atoms with Gasteiger partial charge in [-0.15, -0.1) is 0 Å². The number of hydrogen-bond acceptors (Lipinski definition) is 7. The standard InChI is InChI=1S/C12H19N5O2/c1-3-4-7-19-12-16-9(8-10(17-12)18-2)15-11-13-5-6-14-11/h8H,3-7H2,1-2H3,(H2,13,14,15,16,17). The summed E-state index contributed by atoms with van der Waals surface area (Å²) < 4.78 is 10.6. The molecule has 0 saturated heterocycles. The lowest BCUT2D eigenvalue weighted by atomic mass is 10.4. The van der Waals surface area contributed by atoms with E-state index in [1.165, 1.54) is 0 Å². The van der Waals surface area contributed by atoms with Crippen molar-refractivity contribution < 1.29 is 9.47 Å². The van der Waals surface area contributed by atoms with Gasteiger partial charge in [-0.2, -0.15) is 9.97 Å². The zero-order valence-corrected chi connectivity index (χ0v) is 11.3. The van der Waals surface area contributed by atoms with Crippen molar-refractivity contribution >= 4 is 11.8 Å². The van der Waals surface area contributed by atoms with Crippen LogP contribution in [-0.4, -0.2) is 42.7 Å². The smallest absolute Gasteiger partial charge is 0.321 e. The number of ether oxygens (including phenoxy) is 2. The molecule has 2 heterocycles. The molecule has 0 aromatic carbocycles. The second-order valence-electron chi connectivity index (χ2n) is 4.06. The molecule has 19 heavy (non-hydrogen) atoms. The molecular formula is C12H19N5O2. The fraction of sp³-hybridized carbons (Fsp3) is 0.583. The van der Waals surface area contributed by atoms with Gasteiger partial charge in [0, 0.05) is 12.6 Å². The van der Waals surface area contributed by atoms with Crippen molar-refractivity contribution in [1.29, 1.82) is 0 Å². The first-order chi connectivity index (χ1) is 9.31. The number of hydrogen-bond donors (Lipinski definition) is 2. The summed E-state index contributed by atoms with van der Waals surface area (Å²) in [7, 11) is 1.56. The molecule has 7 nitrogen and oxygen atoms in total. The summed E-state index contributed by atoms with van der Waals surface area (Å²) in [6.45, 7) is 4.31. The van der Waals surface area contributed by atoms with E-state index in [2.05, 4.69) is 32.5 Å². The number of aromatic nitrogens is 2. The molecule has 104 valence electrons. The summed E-state index contributed by atoms with van der Waals surface area (Å²) in [6, 6.07) is 2.02. The third-order valence-corrected chi connectivity index (χ3v) is 2.54. The van der Waals surface area contributed by atoms with Crippen LogP contribution in [0.4, 0.5) is 5.82 Å². The molecular weight excluding hydrogens is 246 g/mol. The highest BCUT2D eigenvalue weighted by atomic mass is 16.5. The zero-order chi connectivity index (χ0) is 13.5. The minimum Gasteiger partial charge on any atom is -0.481 e. The Morgan fingerprint density at radius 2 is 2.32 bits per heavy atom. The van der Waals surface area contributed by atoms with E-state index in [-0.39, 0.29) is 0 Å². The van der Waals surface area contributed by atoms with Crippen molar-refractivity contribution in [3.8, 4) is 11.9 Å². The first kappa shape index (κ1) is 13.4. The molecule has 0 spiro atoms. The van der Waals surface area contributed by atoms with Crippen LogP contribution in [0.2, 0.25) is 0 Å². The van der Waals surface area contributed by atoms with Crippen molar-refractivity contribution in [3.05, 3.63) is 6.07 Å². The van der Waals surface area contributed by atoms with Crippen LogP contribution in [0.3, 0.4) is 0 Å². The average Bonchev–Trinajstić information content (AvgIpc) is 2.91. The molecule has 0 bridgehead atoms. The van der Waals surface area contributed by atoms with Gasteiger partial charge >= 0.3 is 6.01 Å². The number of anilines is 1. The third-order valence-electron chi connectivity index (χ3n) is 2.54. The second-order valence-corrected chi connectivity index (χ2v) is 4.06. The highest BCUT2D eigenvalue weighted by Gasteiger charge is 2.10. The lowest BCUT2D eigenvalue weighted by Crippen LogP contribution is -2.26. The van der Waals surface area contributed by atoms with Gasteiger partial charge in [-0.25, -0.2) is 0 Å². The Balaban J connectivity index is 2.06. The summed E-state index contributed by atoms with van der Waals surface area (Å²) >= 11 is 0. The maximum Gasteiger partial charge on any atom is 0.321 e. The molecule has 2 N–H and O–H groups in total. The Bertz CT molecular complexity index is 450. The predicted octanol–water partition coefficient (Wildman–Crippen LogP) is 1.04. The summed E-state index contributed by atoms with van der Waals surface area (Å²) in [5.74, 6) is 1.77. The summed E-state index contributed by atoms with van der Waals surface area (Å²) in [5, 5.41) is 6.19. The topological polar surface area (TPSA) is 80.7 Å². The van der Waals surface area contributed by atoms with Crippen LogP contribution in [0.5, 0.6) is 11.9 Å². The Kier molecular flexibility index (Phi) is 4.77. The van der Waals surface area contributed by atoms with Crippen LogP contribution in [0.25, 0.3) is 0 Å². The van der Waals surface area contributed by atoms with Crippen molar-refractivity contribution in [2.24, 2.45) is 4.99 Å². The largest absolute Gasteiger partial charge is 0.481 e. The molecule has 0 saturated carbocycles. The van der Waals surface area contributed by atoms with Crippen LogP contribution in [0.15, 0.2) is 11.1 Å². The maximum atomic E-state index is 5.49. The molecule has 1 aromatic heterocycles. The summed E-state index contributed by atoms with van der Waals surface area (Å²) in [5.41, 5.74) is 0. The predicted molar refractivity (Wildman–Crippen MR) is 72.9 cm³/mol. The van der Waals surface area contributed by atoms with Gasteiger partial charge in [0.2, 0.25) is 5.88 Å². The number of unbranched alkanes of at least 4 members (excludes halogenated alkanes) is 1. The third kappa shape index (κ3) is 3.97. The van der Waals surface area contributed by atoms with Gasteiger partial charge in [-0.3, -0.25) is 4.99 Å². The van der Waals surface area contributed by atoms with E-state index in [1.54, 1.807) is 13.2 Å². The lowest BCUT2D eigenvalue weighted by Gasteiger charge is -2.09. The monoisotopic (exact) mass is 265 g/mol. The first-order valence-corrected chi connectivity index (χ1v) is 6.43. The number of nitrogens with zero attached hydrogens (tertiary/aromatic N) is 3.